The van der Waals surface area contributed by atoms with E-state index in [4.69, 9.17) is 5.73 Å². The zero-order chi connectivity index (χ0) is 17.6. The highest BCUT2D eigenvalue weighted by molar-refractivity contribution is 5.79. The van der Waals surface area contributed by atoms with Crippen LogP contribution in [0, 0.1) is 6.92 Å². The Hall–Kier alpha value is -1.98. The Morgan fingerprint density at radius 1 is 1.32 bits per heavy atom. The molecule has 0 aliphatic carbocycles. The number of benzene rings is 1. The number of rotatable bonds is 6. The van der Waals surface area contributed by atoms with E-state index in [2.05, 4.69) is 45.5 Å². The molecular formula is C20H28N4O. The van der Waals surface area contributed by atoms with Crippen LogP contribution >= 0.6 is 0 Å². The van der Waals surface area contributed by atoms with E-state index < -0.39 is 0 Å². The maximum absolute atomic E-state index is 11.7. The average Bonchev–Trinajstić information content (AvgIpc) is 2.61. The zero-order valence-corrected chi connectivity index (χ0v) is 15.0. The van der Waals surface area contributed by atoms with Crippen LogP contribution in [-0.2, 0) is 11.3 Å². The van der Waals surface area contributed by atoms with Crippen LogP contribution in [0.3, 0.4) is 0 Å². The number of fused-ring (bicyclic) bond motifs is 1. The van der Waals surface area contributed by atoms with Crippen molar-refractivity contribution >= 4 is 16.8 Å². The van der Waals surface area contributed by atoms with E-state index in [9.17, 15) is 4.79 Å². The van der Waals surface area contributed by atoms with E-state index in [1.54, 1.807) is 0 Å². The van der Waals surface area contributed by atoms with E-state index in [0.717, 1.165) is 30.7 Å². The van der Waals surface area contributed by atoms with E-state index >= 15 is 0 Å². The molecule has 0 bridgehead atoms. The lowest BCUT2D eigenvalue weighted by Crippen LogP contribution is -2.46. The molecule has 1 fully saturated rings. The number of aromatic nitrogens is 1. The van der Waals surface area contributed by atoms with Crippen molar-refractivity contribution in [2.24, 2.45) is 5.73 Å². The summed E-state index contributed by atoms with van der Waals surface area (Å²) >= 11 is 0. The number of amides is 1. The molecule has 2 aromatic rings. The van der Waals surface area contributed by atoms with Crippen molar-refractivity contribution in [1.82, 2.24) is 15.2 Å². The molecule has 3 rings (SSSR count). The van der Waals surface area contributed by atoms with Gasteiger partial charge in [-0.05, 0) is 50.1 Å². The second kappa shape index (κ2) is 8.41. The number of nitrogens with one attached hydrogen (secondary N) is 1. The molecule has 5 nitrogen and oxygen atoms in total. The lowest BCUT2D eigenvalue weighted by atomic mass is 10.0. The largest absolute Gasteiger partial charge is 0.354 e. The molecule has 0 radical (unpaired) electrons. The van der Waals surface area contributed by atoms with Gasteiger partial charge in [0.25, 0.3) is 0 Å². The predicted octanol–water partition coefficient (Wildman–Crippen LogP) is 2.36. The Balaban J connectivity index is 1.66. The molecular weight excluding hydrogens is 312 g/mol. The van der Waals surface area contributed by atoms with E-state index in [-0.39, 0.29) is 5.91 Å². The maximum atomic E-state index is 11.7. The van der Waals surface area contributed by atoms with Gasteiger partial charge in [-0.1, -0.05) is 18.6 Å². The lowest BCUT2D eigenvalue weighted by Gasteiger charge is -2.36. The molecule has 5 heteroatoms. The second-order valence-electron chi connectivity index (χ2n) is 6.94. The van der Waals surface area contributed by atoms with Crippen LogP contribution in [0.25, 0.3) is 10.9 Å². The van der Waals surface area contributed by atoms with Crippen LogP contribution in [0.5, 0.6) is 0 Å². The Bertz CT molecular complexity index is 731. The van der Waals surface area contributed by atoms with E-state index in [0.29, 0.717) is 25.6 Å². The SMILES string of the molecule is Cc1ccc2cc(CN3CCCCC3CNC(=O)CCN)ccc2n1. The summed E-state index contributed by atoms with van der Waals surface area (Å²) in [5, 5.41) is 4.22. The quantitative estimate of drug-likeness (QED) is 0.847. The van der Waals surface area contributed by atoms with E-state index in [1.807, 2.05) is 6.92 Å². The Kier molecular flexibility index (Phi) is 6.00. The standard InChI is InChI=1S/C20H28N4O/c1-15-5-7-17-12-16(6-8-19(17)23-15)14-24-11-3-2-4-18(24)13-22-20(25)9-10-21/h5-8,12,18H,2-4,9-11,13-14,21H2,1H3,(H,22,25). The van der Waals surface area contributed by atoms with Crippen LogP contribution < -0.4 is 11.1 Å². The Morgan fingerprint density at radius 3 is 3.04 bits per heavy atom. The zero-order valence-electron chi connectivity index (χ0n) is 15.0. The minimum Gasteiger partial charge on any atom is -0.354 e. The van der Waals surface area contributed by atoms with Crippen molar-refractivity contribution in [2.75, 3.05) is 19.6 Å². The summed E-state index contributed by atoms with van der Waals surface area (Å²) in [5.41, 5.74) is 8.84. The molecule has 1 saturated heterocycles. The molecule has 0 saturated carbocycles. The first kappa shape index (κ1) is 17.8. The van der Waals surface area contributed by atoms with Crippen molar-refractivity contribution in [1.29, 1.82) is 0 Å². The highest BCUT2D eigenvalue weighted by atomic mass is 16.1. The summed E-state index contributed by atoms with van der Waals surface area (Å²) in [4.78, 5) is 18.8. The van der Waals surface area contributed by atoms with Crippen LogP contribution in [0.15, 0.2) is 30.3 Å². The first-order valence-electron chi connectivity index (χ1n) is 9.23. The maximum Gasteiger partial charge on any atom is 0.221 e. The van der Waals surface area contributed by atoms with Crippen molar-refractivity contribution in [3.8, 4) is 0 Å². The number of carbonyl (C=O) groups is 1. The number of pyridine rings is 1. The fourth-order valence-electron chi connectivity index (χ4n) is 3.56. The number of carbonyl (C=O) groups excluding carboxylic acids is 1. The number of hydrogen-bond acceptors (Lipinski definition) is 4. The van der Waals surface area contributed by atoms with Gasteiger partial charge in [0.15, 0.2) is 0 Å². The van der Waals surface area contributed by atoms with Gasteiger partial charge in [-0.3, -0.25) is 14.7 Å². The fraction of sp³-hybridized carbons (Fsp3) is 0.500. The molecule has 1 aliphatic rings. The molecule has 0 spiro atoms. The number of piperidine rings is 1. The fourth-order valence-corrected chi connectivity index (χ4v) is 3.56. The average molecular weight is 340 g/mol. The van der Waals surface area contributed by atoms with E-state index in [1.165, 1.54) is 23.8 Å². The Morgan fingerprint density at radius 2 is 2.20 bits per heavy atom. The number of nitrogens with zero attached hydrogens (tertiary/aromatic N) is 2. The van der Waals surface area contributed by atoms with Crippen molar-refractivity contribution in [2.45, 2.75) is 45.2 Å². The molecule has 1 aliphatic heterocycles. The van der Waals surface area contributed by atoms with Gasteiger partial charge in [0.05, 0.1) is 5.52 Å². The van der Waals surface area contributed by atoms with Gasteiger partial charge in [-0.2, -0.15) is 0 Å². The van der Waals surface area contributed by atoms with Gasteiger partial charge in [0, 0.05) is 43.2 Å². The van der Waals surface area contributed by atoms with Crippen LogP contribution in [0.1, 0.15) is 36.9 Å². The minimum atomic E-state index is 0.0557. The third kappa shape index (κ3) is 4.77. The summed E-state index contributed by atoms with van der Waals surface area (Å²) in [7, 11) is 0. The summed E-state index contributed by atoms with van der Waals surface area (Å²) in [6.45, 7) is 5.14. The molecule has 1 atom stereocenters. The minimum absolute atomic E-state index is 0.0557. The number of nitrogens with two attached hydrogens (primary N) is 1. The first-order valence-corrected chi connectivity index (χ1v) is 9.23. The third-order valence-electron chi connectivity index (χ3n) is 4.93. The normalized spacial score (nSPS) is 18.4. The summed E-state index contributed by atoms with van der Waals surface area (Å²) < 4.78 is 0. The lowest BCUT2D eigenvalue weighted by molar-refractivity contribution is -0.121. The summed E-state index contributed by atoms with van der Waals surface area (Å²) in [6, 6.07) is 11.1. The molecule has 1 aromatic carbocycles. The number of likely N-dealkylation sites (tertiary alicyclic amines) is 1. The number of hydrogen-bond donors (Lipinski definition) is 2. The van der Waals surface area contributed by atoms with Gasteiger partial charge < -0.3 is 11.1 Å². The predicted molar refractivity (Wildman–Crippen MR) is 101 cm³/mol. The van der Waals surface area contributed by atoms with Gasteiger partial charge in [0.1, 0.15) is 0 Å². The molecule has 25 heavy (non-hydrogen) atoms. The monoisotopic (exact) mass is 340 g/mol. The molecule has 2 heterocycles. The van der Waals surface area contributed by atoms with Crippen LogP contribution in [0.2, 0.25) is 0 Å². The van der Waals surface area contributed by atoms with Crippen molar-refractivity contribution < 1.29 is 4.79 Å². The van der Waals surface area contributed by atoms with Crippen molar-refractivity contribution in [3.05, 3.63) is 41.6 Å². The van der Waals surface area contributed by atoms with Crippen LogP contribution in [0.4, 0.5) is 0 Å². The molecule has 3 N–H and O–H groups in total. The molecule has 1 unspecified atom stereocenters. The highest BCUT2D eigenvalue weighted by Crippen LogP contribution is 2.21. The topological polar surface area (TPSA) is 71.2 Å². The Labute approximate surface area is 149 Å². The van der Waals surface area contributed by atoms with Gasteiger partial charge in [0.2, 0.25) is 5.91 Å². The first-order chi connectivity index (χ1) is 12.2. The van der Waals surface area contributed by atoms with Gasteiger partial charge >= 0.3 is 0 Å². The molecule has 1 aromatic heterocycles. The van der Waals surface area contributed by atoms with Gasteiger partial charge in [-0.25, -0.2) is 0 Å². The van der Waals surface area contributed by atoms with Gasteiger partial charge in [-0.15, -0.1) is 0 Å². The highest BCUT2D eigenvalue weighted by Gasteiger charge is 2.22. The summed E-state index contributed by atoms with van der Waals surface area (Å²) in [5.74, 6) is 0.0557. The van der Waals surface area contributed by atoms with Crippen molar-refractivity contribution in [3.63, 3.8) is 0 Å². The van der Waals surface area contributed by atoms with Crippen LogP contribution in [-0.4, -0.2) is 41.5 Å². The number of aryl methyl sites for hydroxylation is 1. The molecule has 1 amide bonds. The summed E-state index contributed by atoms with van der Waals surface area (Å²) in [6.07, 6.45) is 4.00. The molecule has 134 valence electrons. The smallest absolute Gasteiger partial charge is 0.221 e. The third-order valence-corrected chi connectivity index (χ3v) is 4.93. The second-order valence-corrected chi connectivity index (χ2v) is 6.94.